The second kappa shape index (κ2) is 7.17. The van der Waals surface area contributed by atoms with Crippen LogP contribution in [0, 0.1) is 5.82 Å². The molecule has 1 amide bonds. The van der Waals surface area contributed by atoms with Gasteiger partial charge in [-0.05, 0) is 48.0 Å². The quantitative estimate of drug-likeness (QED) is 0.696. The predicted octanol–water partition coefficient (Wildman–Crippen LogP) is 3.26. The highest BCUT2D eigenvalue weighted by Crippen LogP contribution is 2.11. The van der Waals surface area contributed by atoms with Gasteiger partial charge in [-0.25, -0.2) is 9.18 Å². The molecule has 2 aromatic carbocycles. The second-order valence-corrected chi connectivity index (χ2v) is 4.44. The van der Waals surface area contributed by atoms with Crippen LogP contribution in [0.2, 0.25) is 0 Å². The van der Waals surface area contributed by atoms with Crippen molar-refractivity contribution in [3.05, 3.63) is 71.6 Å². The van der Waals surface area contributed by atoms with E-state index in [1.807, 2.05) is 0 Å². The van der Waals surface area contributed by atoms with Gasteiger partial charge in [-0.2, -0.15) is 0 Å². The zero-order chi connectivity index (χ0) is 15.9. The van der Waals surface area contributed by atoms with E-state index >= 15 is 0 Å². The molecular weight excluding hydrogens is 285 g/mol. The highest BCUT2D eigenvalue weighted by atomic mass is 19.1. The second-order valence-electron chi connectivity index (χ2n) is 4.44. The first kappa shape index (κ1) is 15.4. The Balaban J connectivity index is 1.97. The Bertz CT molecular complexity index is 691. The molecule has 2 aromatic rings. The smallest absolute Gasteiger partial charge is 0.337 e. The number of benzene rings is 2. The van der Waals surface area contributed by atoms with Crippen molar-refractivity contribution < 1.29 is 18.7 Å². The molecule has 0 radical (unpaired) electrons. The lowest BCUT2D eigenvalue weighted by molar-refractivity contribution is -0.111. The summed E-state index contributed by atoms with van der Waals surface area (Å²) in [7, 11) is 1.30. The molecular formula is C17H14FNO3. The van der Waals surface area contributed by atoms with Crippen molar-refractivity contribution in [1.29, 1.82) is 0 Å². The third-order valence-electron chi connectivity index (χ3n) is 2.87. The number of hydrogen-bond donors (Lipinski definition) is 1. The zero-order valence-corrected chi connectivity index (χ0v) is 11.9. The number of halogens is 1. The largest absolute Gasteiger partial charge is 0.465 e. The standard InChI is InChI=1S/C17H14FNO3/c1-22-17(21)13-5-9-15(10-6-13)19-16(20)11-4-12-2-7-14(18)8-3-12/h2-11H,1H3,(H,19,20)/b11-4+. The minimum absolute atomic E-state index is 0.324. The van der Waals surface area contributed by atoms with Crippen LogP contribution in [0.1, 0.15) is 15.9 Å². The van der Waals surface area contributed by atoms with Crippen LogP contribution >= 0.6 is 0 Å². The van der Waals surface area contributed by atoms with E-state index in [9.17, 15) is 14.0 Å². The van der Waals surface area contributed by atoms with Gasteiger partial charge in [0.2, 0.25) is 5.91 Å². The van der Waals surface area contributed by atoms with Crippen molar-refractivity contribution >= 4 is 23.6 Å². The lowest BCUT2D eigenvalue weighted by Crippen LogP contribution is -2.08. The van der Waals surface area contributed by atoms with Crippen molar-refractivity contribution in [2.45, 2.75) is 0 Å². The molecule has 0 heterocycles. The van der Waals surface area contributed by atoms with E-state index in [4.69, 9.17) is 0 Å². The minimum atomic E-state index is -0.436. The molecule has 0 aliphatic rings. The van der Waals surface area contributed by atoms with Gasteiger partial charge in [0.05, 0.1) is 12.7 Å². The molecule has 4 nitrogen and oxygen atoms in total. The first-order valence-electron chi connectivity index (χ1n) is 6.51. The number of rotatable bonds is 4. The highest BCUT2D eigenvalue weighted by molar-refractivity contribution is 6.02. The van der Waals surface area contributed by atoms with Gasteiger partial charge >= 0.3 is 5.97 Å². The zero-order valence-electron chi connectivity index (χ0n) is 11.9. The molecule has 0 saturated heterocycles. The number of carbonyl (C=O) groups is 2. The highest BCUT2D eigenvalue weighted by Gasteiger charge is 2.05. The average molecular weight is 299 g/mol. The van der Waals surface area contributed by atoms with E-state index in [1.165, 1.54) is 25.3 Å². The molecule has 112 valence electrons. The molecule has 0 aliphatic carbocycles. The number of hydrogen-bond acceptors (Lipinski definition) is 3. The van der Waals surface area contributed by atoms with Gasteiger partial charge in [0.25, 0.3) is 0 Å². The predicted molar refractivity (Wildman–Crippen MR) is 81.8 cm³/mol. The summed E-state index contributed by atoms with van der Waals surface area (Å²) >= 11 is 0. The van der Waals surface area contributed by atoms with Crippen LogP contribution in [-0.4, -0.2) is 19.0 Å². The van der Waals surface area contributed by atoms with Crippen molar-refractivity contribution in [3.8, 4) is 0 Å². The molecule has 2 rings (SSSR count). The van der Waals surface area contributed by atoms with E-state index in [1.54, 1.807) is 42.5 Å². The van der Waals surface area contributed by atoms with Gasteiger partial charge in [-0.3, -0.25) is 4.79 Å². The molecule has 0 saturated carbocycles. The number of ether oxygens (including phenoxy) is 1. The van der Waals surface area contributed by atoms with E-state index in [0.717, 1.165) is 5.56 Å². The molecule has 0 bridgehead atoms. The van der Waals surface area contributed by atoms with Gasteiger partial charge in [-0.15, -0.1) is 0 Å². The SMILES string of the molecule is COC(=O)c1ccc(NC(=O)/C=C/c2ccc(F)cc2)cc1. The number of nitrogens with one attached hydrogen (secondary N) is 1. The summed E-state index contributed by atoms with van der Waals surface area (Å²) in [5.74, 6) is -1.09. The Hall–Kier alpha value is -2.95. The first-order chi connectivity index (χ1) is 10.6. The van der Waals surface area contributed by atoms with Crippen molar-refractivity contribution in [1.82, 2.24) is 0 Å². The average Bonchev–Trinajstić information content (AvgIpc) is 2.54. The van der Waals surface area contributed by atoms with E-state index in [-0.39, 0.29) is 11.7 Å². The Labute approximate surface area is 127 Å². The van der Waals surface area contributed by atoms with E-state index in [2.05, 4.69) is 10.1 Å². The third-order valence-corrected chi connectivity index (χ3v) is 2.87. The molecule has 0 atom stereocenters. The van der Waals surface area contributed by atoms with E-state index in [0.29, 0.717) is 11.3 Å². The van der Waals surface area contributed by atoms with Crippen LogP contribution in [0.3, 0.4) is 0 Å². The Morgan fingerprint density at radius 3 is 2.27 bits per heavy atom. The van der Waals surface area contributed by atoms with Crippen LogP contribution < -0.4 is 5.32 Å². The summed E-state index contributed by atoms with van der Waals surface area (Å²) in [6.07, 6.45) is 2.93. The third kappa shape index (κ3) is 4.28. The summed E-state index contributed by atoms with van der Waals surface area (Å²) in [6.45, 7) is 0. The fraction of sp³-hybridized carbons (Fsp3) is 0.0588. The fourth-order valence-electron chi connectivity index (χ4n) is 1.74. The number of carbonyl (C=O) groups excluding carboxylic acids is 2. The lowest BCUT2D eigenvalue weighted by Gasteiger charge is -2.03. The van der Waals surface area contributed by atoms with Crippen LogP contribution in [0.5, 0.6) is 0 Å². The number of methoxy groups -OCH3 is 1. The maximum absolute atomic E-state index is 12.8. The van der Waals surface area contributed by atoms with Gasteiger partial charge < -0.3 is 10.1 Å². The van der Waals surface area contributed by atoms with Crippen LogP contribution in [-0.2, 0) is 9.53 Å². The number of amides is 1. The van der Waals surface area contributed by atoms with Crippen molar-refractivity contribution in [2.24, 2.45) is 0 Å². The summed E-state index contributed by atoms with van der Waals surface area (Å²) in [6, 6.07) is 12.1. The van der Waals surface area contributed by atoms with Crippen molar-refractivity contribution in [3.63, 3.8) is 0 Å². The molecule has 0 aliphatic heterocycles. The lowest BCUT2D eigenvalue weighted by atomic mass is 10.2. The molecule has 0 unspecified atom stereocenters. The molecule has 0 fully saturated rings. The maximum Gasteiger partial charge on any atom is 0.337 e. The topological polar surface area (TPSA) is 55.4 Å². The minimum Gasteiger partial charge on any atom is -0.465 e. The summed E-state index contributed by atoms with van der Waals surface area (Å²) < 4.78 is 17.3. The fourth-order valence-corrected chi connectivity index (χ4v) is 1.74. The Morgan fingerprint density at radius 2 is 1.68 bits per heavy atom. The van der Waals surface area contributed by atoms with Gasteiger partial charge in [0.1, 0.15) is 5.82 Å². The van der Waals surface area contributed by atoms with Crippen LogP contribution in [0.4, 0.5) is 10.1 Å². The van der Waals surface area contributed by atoms with Gasteiger partial charge in [-0.1, -0.05) is 12.1 Å². The van der Waals surface area contributed by atoms with Crippen LogP contribution in [0.25, 0.3) is 6.08 Å². The summed E-state index contributed by atoms with van der Waals surface area (Å²) in [4.78, 5) is 23.0. The monoisotopic (exact) mass is 299 g/mol. The molecule has 0 aromatic heterocycles. The normalized spacial score (nSPS) is 10.5. The van der Waals surface area contributed by atoms with E-state index < -0.39 is 5.97 Å². The molecule has 1 N–H and O–H groups in total. The summed E-state index contributed by atoms with van der Waals surface area (Å²) in [5, 5.41) is 2.66. The maximum atomic E-state index is 12.8. The molecule has 5 heteroatoms. The number of anilines is 1. The molecule has 22 heavy (non-hydrogen) atoms. The number of esters is 1. The Morgan fingerprint density at radius 1 is 1.05 bits per heavy atom. The Kier molecular flexibility index (Phi) is 5.03. The van der Waals surface area contributed by atoms with Crippen LogP contribution in [0.15, 0.2) is 54.6 Å². The van der Waals surface area contributed by atoms with Gasteiger partial charge in [0, 0.05) is 11.8 Å². The first-order valence-corrected chi connectivity index (χ1v) is 6.51. The van der Waals surface area contributed by atoms with Crippen molar-refractivity contribution in [2.75, 3.05) is 12.4 Å². The molecule has 0 spiro atoms. The summed E-state index contributed by atoms with van der Waals surface area (Å²) in [5.41, 5.74) is 1.68. The van der Waals surface area contributed by atoms with Gasteiger partial charge in [0.15, 0.2) is 0 Å².